The summed E-state index contributed by atoms with van der Waals surface area (Å²) >= 11 is 0. The molecule has 0 bridgehead atoms. The van der Waals surface area contributed by atoms with Gasteiger partial charge in [-0.25, -0.2) is 8.42 Å². The second-order valence-corrected chi connectivity index (χ2v) is 8.34. The highest BCUT2D eigenvalue weighted by molar-refractivity contribution is 7.89. The molecular weight excluding hydrogens is 382 g/mol. The van der Waals surface area contributed by atoms with Crippen LogP contribution >= 0.6 is 0 Å². The van der Waals surface area contributed by atoms with Gasteiger partial charge in [0, 0.05) is 23.9 Å². The zero-order chi connectivity index (χ0) is 21.1. The van der Waals surface area contributed by atoms with Gasteiger partial charge in [-0.15, -0.1) is 0 Å². The third kappa shape index (κ3) is 4.55. The van der Waals surface area contributed by atoms with Crippen molar-refractivity contribution >= 4 is 27.3 Å². The molecule has 0 spiro atoms. The third-order valence-corrected chi connectivity index (χ3v) is 6.47. The molecule has 0 aromatic heterocycles. The lowest BCUT2D eigenvalue weighted by Crippen LogP contribution is -2.45. The minimum atomic E-state index is -4.10. The van der Waals surface area contributed by atoms with E-state index in [4.69, 9.17) is 0 Å². The molecule has 0 aliphatic rings. The largest absolute Gasteiger partial charge is 0.325 e. The molecule has 9 heteroatoms. The fourth-order valence-corrected chi connectivity index (χ4v) is 4.37. The summed E-state index contributed by atoms with van der Waals surface area (Å²) in [5.41, 5.74) is 1.66. The number of benzene rings is 2. The fraction of sp³-hybridized carbons (Fsp3) is 0.316. The average molecular weight is 405 g/mol. The summed E-state index contributed by atoms with van der Waals surface area (Å²) < 4.78 is 27.1. The second kappa shape index (κ2) is 8.49. The Balaban J connectivity index is 2.31. The van der Waals surface area contributed by atoms with E-state index in [1.54, 1.807) is 19.1 Å². The van der Waals surface area contributed by atoms with Crippen molar-refractivity contribution < 1.29 is 18.1 Å². The number of sulfonamides is 1. The van der Waals surface area contributed by atoms with Gasteiger partial charge in [0.05, 0.1) is 9.82 Å². The van der Waals surface area contributed by atoms with Crippen LogP contribution in [-0.4, -0.2) is 36.1 Å². The number of nitrogens with one attached hydrogen (secondary N) is 1. The summed E-state index contributed by atoms with van der Waals surface area (Å²) in [6, 6.07) is 9.85. The van der Waals surface area contributed by atoms with Gasteiger partial charge in [-0.2, -0.15) is 4.31 Å². The highest BCUT2D eigenvalue weighted by Gasteiger charge is 2.33. The van der Waals surface area contributed by atoms with Crippen molar-refractivity contribution in [2.45, 2.75) is 38.6 Å². The predicted octanol–water partition coefficient (Wildman–Crippen LogP) is 3.25. The number of hydrogen-bond donors (Lipinski definition) is 1. The molecular formula is C19H23N3O5S. The summed E-state index contributed by atoms with van der Waals surface area (Å²) in [6.07, 6.45) is 0. The first kappa shape index (κ1) is 21.5. The van der Waals surface area contributed by atoms with Crippen molar-refractivity contribution in [3.8, 4) is 0 Å². The number of amides is 1. The zero-order valence-corrected chi connectivity index (χ0v) is 17.0. The summed E-state index contributed by atoms with van der Waals surface area (Å²) in [4.78, 5) is 22.9. The lowest BCUT2D eigenvalue weighted by atomic mass is 10.2. The molecule has 2 rings (SSSR count). The molecule has 1 N–H and O–H groups in total. The van der Waals surface area contributed by atoms with Gasteiger partial charge in [-0.05, 0) is 39.0 Å². The first-order valence-corrected chi connectivity index (χ1v) is 10.2. The van der Waals surface area contributed by atoms with E-state index >= 15 is 0 Å². The van der Waals surface area contributed by atoms with Gasteiger partial charge in [0.2, 0.25) is 15.9 Å². The molecule has 150 valence electrons. The molecule has 1 amide bonds. The van der Waals surface area contributed by atoms with Crippen LogP contribution < -0.4 is 5.32 Å². The number of nitro benzene ring substituents is 1. The Kier molecular flexibility index (Phi) is 6.52. The second-order valence-electron chi connectivity index (χ2n) is 6.45. The molecule has 8 nitrogen and oxygen atoms in total. The molecule has 0 fully saturated rings. The van der Waals surface area contributed by atoms with E-state index in [1.165, 1.54) is 26.0 Å². The van der Waals surface area contributed by atoms with Crippen molar-refractivity contribution in [1.29, 1.82) is 0 Å². The summed E-state index contributed by atoms with van der Waals surface area (Å²) in [6.45, 7) is 6.57. The molecule has 0 saturated heterocycles. The van der Waals surface area contributed by atoms with Crippen LogP contribution in [0, 0.1) is 24.0 Å². The summed E-state index contributed by atoms with van der Waals surface area (Å²) in [5.74, 6) is -0.490. The zero-order valence-electron chi connectivity index (χ0n) is 16.2. The monoisotopic (exact) mass is 405 g/mol. The van der Waals surface area contributed by atoms with Gasteiger partial charge >= 0.3 is 0 Å². The maximum atomic E-state index is 13.0. The topological polar surface area (TPSA) is 110 Å². The van der Waals surface area contributed by atoms with Crippen molar-refractivity contribution in [1.82, 2.24) is 4.31 Å². The number of nitrogens with zero attached hydrogens (tertiary/aromatic N) is 2. The number of rotatable bonds is 7. The molecule has 0 heterocycles. The summed E-state index contributed by atoms with van der Waals surface area (Å²) in [5, 5.41) is 13.8. The van der Waals surface area contributed by atoms with Crippen LogP contribution in [0.4, 0.5) is 11.4 Å². The van der Waals surface area contributed by atoms with Gasteiger partial charge in [-0.1, -0.05) is 30.7 Å². The van der Waals surface area contributed by atoms with Crippen LogP contribution in [-0.2, 0) is 14.8 Å². The van der Waals surface area contributed by atoms with Gasteiger partial charge in [-0.3, -0.25) is 14.9 Å². The van der Waals surface area contributed by atoms with Crippen LogP contribution in [0.15, 0.2) is 47.4 Å². The molecule has 0 unspecified atom stereocenters. The molecule has 0 radical (unpaired) electrons. The minimum absolute atomic E-state index is 0.0342. The number of carbonyl (C=O) groups excluding carboxylic acids is 1. The quantitative estimate of drug-likeness (QED) is 0.562. The van der Waals surface area contributed by atoms with E-state index in [0.717, 1.165) is 15.9 Å². The Bertz CT molecular complexity index is 987. The van der Waals surface area contributed by atoms with E-state index in [9.17, 15) is 23.3 Å². The Morgan fingerprint density at radius 2 is 1.79 bits per heavy atom. The van der Waals surface area contributed by atoms with Crippen molar-refractivity contribution in [3.63, 3.8) is 0 Å². The van der Waals surface area contributed by atoms with Crippen molar-refractivity contribution in [2.75, 3.05) is 11.9 Å². The Morgan fingerprint density at radius 3 is 2.32 bits per heavy atom. The Hall–Kier alpha value is -2.78. The number of anilines is 1. The molecule has 0 saturated carbocycles. The Labute approximate surface area is 164 Å². The third-order valence-electron chi connectivity index (χ3n) is 4.43. The van der Waals surface area contributed by atoms with Crippen LogP contribution in [0.5, 0.6) is 0 Å². The van der Waals surface area contributed by atoms with Crippen LogP contribution in [0.25, 0.3) is 0 Å². The first-order chi connectivity index (χ1) is 13.1. The van der Waals surface area contributed by atoms with E-state index in [1.807, 2.05) is 19.1 Å². The average Bonchev–Trinajstić information content (AvgIpc) is 2.63. The van der Waals surface area contributed by atoms with Gasteiger partial charge in [0.1, 0.15) is 6.04 Å². The predicted molar refractivity (Wildman–Crippen MR) is 107 cm³/mol. The SMILES string of the molecule is CCN([C@@H](C)C(=O)Nc1ccc(C)cc1)S(=O)(=O)c1ccc(C)c([N+](=O)[O-])c1. The standard InChI is InChI=1S/C19H23N3O5S/c1-5-21(15(4)19(23)20-16-9-6-13(2)7-10-16)28(26,27)17-11-8-14(3)18(12-17)22(24)25/h6-12,15H,5H2,1-4H3,(H,20,23)/t15-/m0/s1. The smallest absolute Gasteiger partial charge is 0.273 e. The molecule has 0 aliphatic heterocycles. The van der Waals surface area contributed by atoms with Crippen molar-refractivity contribution in [2.24, 2.45) is 0 Å². The van der Waals surface area contributed by atoms with Gasteiger partial charge < -0.3 is 5.32 Å². The lowest BCUT2D eigenvalue weighted by molar-refractivity contribution is -0.385. The van der Waals surface area contributed by atoms with E-state index < -0.39 is 26.9 Å². The molecule has 2 aromatic rings. The maximum absolute atomic E-state index is 13.0. The van der Waals surface area contributed by atoms with E-state index in [0.29, 0.717) is 11.3 Å². The Morgan fingerprint density at radius 1 is 1.18 bits per heavy atom. The molecule has 1 atom stereocenters. The number of aryl methyl sites for hydroxylation is 2. The van der Waals surface area contributed by atoms with Crippen LogP contribution in [0.3, 0.4) is 0 Å². The summed E-state index contributed by atoms with van der Waals surface area (Å²) in [7, 11) is -4.10. The van der Waals surface area contributed by atoms with Crippen molar-refractivity contribution in [3.05, 3.63) is 63.7 Å². The first-order valence-electron chi connectivity index (χ1n) is 8.72. The number of carbonyl (C=O) groups is 1. The van der Waals surface area contributed by atoms with Crippen LogP contribution in [0.1, 0.15) is 25.0 Å². The minimum Gasteiger partial charge on any atom is -0.325 e. The fourth-order valence-electron chi connectivity index (χ4n) is 2.75. The highest BCUT2D eigenvalue weighted by Crippen LogP contribution is 2.25. The van der Waals surface area contributed by atoms with Gasteiger partial charge in [0.25, 0.3) is 5.69 Å². The molecule has 28 heavy (non-hydrogen) atoms. The lowest BCUT2D eigenvalue weighted by Gasteiger charge is -2.26. The number of nitro groups is 1. The number of hydrogen-bond acceptors (Lipinski definition) is 5. The van der Waals surface area contributed by atoms with E-state index in [2.05, 4.69) is 5.32 Å². The van der Waals surface area contributed by atoms with Crippen LogP contribution in [0.2, 0.25) is 0 Å². The molecule has 2 aromatic carbocycles. The number of likely N-dealkylation sites (N-methyl/N-ethyl adjacent to an activating group) is 1. The van der Waals surface area contributed by atoms with Gasteiger partial charge in [0.15, 0.2) is 0 Å². The molecule has 0 aliphatic carbocycles. The van der Waals surface area contributed by atoms with E-state index in [-0.39, 0.29) is 17.1 Å². The normalized spacial score (nSPS) is 12.6. The highest BCUT2D eigenvalue weighted by atomic mass is 32.2. The maximum Gasteiger partial charge on any atom is 0.273 e.